The summed E-state index contributed by atoms with van der Waals surface area (Å²) in [7, 11) is 0. The molecule has 0 atom stereocenters. The number of benzene rings is 1. The normalized spacial score (nSPS) is 18.9. The van der Waals surface area contributed by atoms with E-state index in [4.69, 9.17) is 10.5 Å². The van der Waals surface area contributed by atoms with Gasteiger partial charge in [-0.1, -0.05) is 15.9 Å². The first-order valence-electron chi connectivity index (χ1n) is 7.05. The van der Waals surface area contributed by atoms with Gasteiger partial charge in [0.25, 0.3) is 0 Å². The van der Waals surface area contributed by atoms with E-state index in [0.717, 1.165) is 48.1 Å². The Balaban J connectivity index is 1.62. The molecule has 5 heteroatoms. The number of rotatable bonds is 4. The third-order valence-corrected chi connectivity index (χ3v) is 4.62. The predicted molar refractivity (Wildman–Crippen MR) is 80.6 cm³/mol. The second kappa shape index (κ2) is 5.37. The van der Waals surface area contributed by atoms with Gasteiger partial charge >= 0.3 is 0 Å². The molecule has 0 radical (unpaired) electrons. The lowest BCUT2D eigenvalue weighted by atomic mass is 9.75. The van der Waals surface area contributed by atoms with Gasteiger partial charge in [-0.3, -0.25) is 4.79 Å². The highest BCUT2D eigenvalue weighted by Crippen LogP contribution is 2.34. The fourth-order valence-electron chi connectivity index (χ4n) is 2.86. The molecule has 4 nitrogen and oxygen atoms in total. The van der Waals surface area contributed by atoms with Crippen LogP contribution < -0.4 is 15.8 Å². The lowest BCUT2D eigenvalue weighted by molar-refractivity contribution is -0.123. The molecule has 0 unspecified atom stereocenters. The Morgan fingerprint density at radius 3 is 2.95 bits per heavy atom. The van der Waals surface area contributed by atoms with Gasteiger partial charge in [0.1, 0.15) is 5.75 Å². The molecular weight excluding hydrogens is 320 g/mol. The fourth-order valence-corrected chi connectivity index (χ4v) is 3.41. The van der Waals surface area contributed by atoms with Crippen molar-refractivity contribution in [3.63, 3.8) is 0 Å². The van der Waals surface area contributed by atoms with Crippen LogP contribution >= 0.6 is 15.9 Å². The molecule has 1 heterocycles. The van der Waals surface area contributed by atoms with Crippen molar-refractivity contribution in [1.29, 1.82) is 0 Å². The topological polar surface area (TPSA) is 64.4 Å². The molecule has 3 rings (SSSR count). The third-order valence-electron chi connectivity index (χ3n) is 4.16. The number of hydrogen-bond acceptors (Lipinski definition) is 3. The number of nitrogens with one attached hydrogen (secondary N) is 1. The van der Waals surface area contributed by atoms with E-state index in [1.807, 2.05) is 6.07 Å². The van der Waals surface area contributed by atoms with Crippen LogP contribution in [0.4, 0.5) is 0 Å². The van der Waals surface area contributed by atoms with Crippen molar-refractivity contribution in [1.82, 2.24) is 5.32 Å². The maximum Gasteiger partial charge on any atom is 0.222 e. The molecule has 0 bridgehead atoms. The molecule has 20 heavy (non-hydrogen) atoms. The SMILES string of the molecule is NC1(CC(=O)NCc2cc(Br)cc3c2OCC3)CCC1. The number of nitrogens with two attached hydrogens (primary N) is 1. The number of hydrogen-bond donors (Lipinski definition) is 2. The molecule has 0 aromatic heterocycles. The second-order valence-electron chi connectivity index (χ2n) is 5.82. The first kappa shape index (κ1) is 13.9. The molecular formula is C15H19BrN2O2. The summed E-state index contributed by atoms with van der Waals surface area (Å²) in [5.74, 6) is 0.957. The minimum Gasteiger partial charge on any atom is -0.493 e. The summed E-state index contributed by atoms with van der Waals surface area (Å²) in [6, 6.07) is 4.09. The van der Waals surface area contributed by atoms with Crippen molar-refractivity contribution in [2.45, 2.75) is 44.2 Å². The fraction of sp³-hybridized carbons (Fsp3) is 0.533. The molecule has 1 amide bonds. The zero-order valence-electron chi connectivity index (χ0n) is 11.4. The Morgan fingerprint density at radius 2 is 2.25 bits per heavy atom. The van der Waals surface area contributed by atoms with Crippen LogP contribution in [-0.2, 0) is 17.8 Å². The average Bonchev–Trinajstić information content (AvgIpc) is 2.82. The summed E-state index contributed by atoms with van der Waals surface area (Å²) < 4.78 is 6.68. The number of amides is 1. The van der Waals surface area contributed by atoms with E-state index in [-0.39, 0.29) is 11.4 Å². The Morgan fingerprint density at radius 1 is 1.45 bits per heavy atom. The van der Waals surface area contributed by atoms with Crippen molar-refractivity contribution in [3.8, 4) is 5.75 Å². The van der Waals surface area contributed by atoms with E-state index < -0.39 is 0 Å². The summed E-state index contributed by atoms with van der Waals surface area (Å²) in [6.45, 7) is 1.22. The van der Waals surface area contributed by atoms with E-state index >= 15 is 0 Å². The van der Waals surface area contributed by atoms with Gasteiger partial charge in [-0.05, 0) is 37.0 Å². The number of carbonyl (C=O) groups excluding carboxylic acids is 1. The zero-order valence-corrected chi connectivity index (χ0v) is 13.0. The van der Waals surface area contributed by atoms with Crippen LogP contribution in [-0.4, -0.2) is 18.1 Å². The molecule has 1 aliphatic heterocycles. The molecule has 1 saturated carbocycles. The van der Waals surface area contributed by atoms with Crippen LogP contribution in [0.2, 0.25) is 0 Å². The molecule has 108 valence electrons. The van der Waals surface area contributed by atoms with Crippen LogP contribution in [0.5, 0.6) is 5.75 Å². The summed E-state index contributed by atoms with van der Waals surface area (Å²) in [5, 5.41) is 2.96. The van der Waals surface area contributed by atoms with Crippen LogP contribution in [0.3, 0.4) is 0 Å². The second-order valence-corrected chi connectivity index (χ2v) is 6.74. The number of carbonyl (C=O) groups is 1. The molecule has 1 aromatic carbocycles. The monoisotopic (exact) mass is 338 g/mol. The largest absolute Gasteiger partial charge is 0.493 e. The van der Waals surface area contributed by atoms with Crippen molar-refractivity contribution in [2.24, 2.45) is 5.73 Å². The van der Waals surface area contributed by atoms with Gasteiger partial charge < -0.3 is 15.8 Å². The lowest BCUT2D eigenvalue weighted by Gasteiger charge is -2.37. The number of fused-ring (bicyclic) bond motifs is 1. The Kier molecular flexibility index (Phi) is 3.73. The molecule has 1 aromatic rings. The molecule has 2 aliphatic rings. The average molecular weight is 339 g/mol. The standard InChI is InChI=1S/C15H19BrN2O2/c16-12-6-10-2-5-20-14(10)11(7-12)9-18-13(19)8-15(17)3-1-4-15/h6-7H,1-5,8-9,17H2,(H,18,19). The first-order chi connectivity index (χ1) is 9.56. The molecule has 0 spiro atoms. The van der Waals surface area contributed by atoms with E-state index in [1.165, 1.54) is 5.56 Å². The quantitative estimate of drug-likeness (QED) is 0.885. The summed E-state index contributed by atoms with van der Waals surface area (Å²) in [4.78, 5) is 12.0. The number of ether oxygens (including phenoxy) is 1. The summed E-state index contributed by atoms with van der Waals surface area (Å²) in [5.41, 5.74) is 8.06. The van der Waals surface area contributed by atoms with E-state index in [2.05, 4.69) is 27.3 Å². The van der Waals surface area contributed by atoms with Gasteiger partial charge in [-0.2, -0.15) is 0 Å². The van der Waals surface area contributed by atoms with Crippen LogP contribution in [0.25, 0.3) is 0 Å². The van der Waals surface area contributed by atoms with Crippen LogP contribution in [0.15, 0.2) is 16.6 Å². The van der Waals surface area contributed by atoms with Gasteiger partial charge in [0.15, 0.2) is 0 Å². The van der Waals surface area contributed by atoms with Crippen LogP contribution in [0, 0.1) is 0 Å². The molecule has 1 aliphatic carbocycles. The van der Waals surface area contributed by atoms with Crippen molar-refractivity contribution < 1.29 is 9.53 Å². The molecule has 0 saturated heterocycles. The van der Waals surface area contributed by atoms with E-state index in [1.54, 1.807) is 0 Å². The minimum absolute atomic E-state index is 0.0268. The van der Waals surface area contributed by atoms with Gasteiger partial charge in [-0.15, -0.1) is 0 Å². The van der Waals surface area contributed by atoms with Gasteiger partial charge in [0, 0.05) is 35.0 Å². The van der Waals surface area contributed by atoms with Crippen LogP contribution in [0.1, 0.15) is 36.8 Å². The number of halogens is 1. The smallest absolute Gasteiger partial charge is 0.222 e. The van der Waals surface area contributed by atoms with E-state index in [9.17, 15) is 4.79 Å². The van der Waals surface area contributed by atoms with Gasteiger partial charge in [0.05, 0.1) is 6.61 Å². The molecule has 1 fully saturated rings. The van der Waals surface area contributed by atoms with Crippen molar-refractivity contribution in [2.75, 3.05) is 6.61 Å². The van der Waals surface area contributed by atoms with Gasteiger partial charge in [0.2, 0.25) is 5.91 Å². The Hall–Kier alpha value is -1.07. The first-order valence-corrected chi connectivity index (χ1v) is 7.85. The highest BCUT2D eigenvalue weighted by Gasteiger charge is 2.34. The highest BCUT2D eigenvalue weighted by molar-refractivity contribution is 9.10. The maximum absolute atomic E-state index is 12.0. The van der Waals surface area contributed by atoms with Crippen molar-refractivity contribution in [3.05, 3.63) is 27.7 Å². The van der Waals surface area contributed by atoms with E-state index in [0.29, 0.717) is 13.0 Å². The zero-order chi connectivity index (χ0) is 14.2. The van der Waals surface area contributed by atoms with Crippen molar-refractivity contribution >= 4 is 21.8 Å². The highest BCUT2D eigenvalue weighted by atomic mass is 79.9. The lowest BCUT2D eigenvalue weighted by Crippen LogP contribution is -2.49. The van der Waals surface area contributed by atoms with Gasteiger partial charge in [-0.25, -0.2) is 0 Å². The third kappa shape index (κ3) is 2.83. The Labute approximate surface area is 127 Å². The Bertz CT molecular complexity index is 541. The maximum atomic E-state index is 12.0. The molecule has 3 N–H and O–H groups in total. The summed E-state index contributed by atoms with van der Waals surface area (Å²) >= 11 is 3.50. The minimum atomic E-state index is -0.264. The predicted octanol–water partition coefficient (Wildman–Crippen LogP) is 2.27. The summed E-state index contributed by atoms with van der Waals surface area (Å²) in [6.07, 6.45) is 4.40.